The Morgan fingerprint density at radius 1 is 1.47 bits per heavy atom. The fourth-order valence-corrected chi connectivity index (χ4v) is 1.99. The highest BCUT2D eigenvalue weighted by atomic mass is 16.5. The molecule has 0 spiro atoms. The van der Waals surface area contributed by atoms with Crippen LogP contribution in [0.3, 0.4) is 0 Å². The summed E-state index contributed by atoms with van der Waals surface area (Å²) in [5.74, 6) is 0. The van der Waals surface area contributed by atoms with E-state index in [1.807, 2.05) is 0 Å². The van der Waals surface area contributed by atoms with Gasteiger partial charge in [0.2, 0.25) is 0 Å². The van der Waals surface area contributed by atoms with E-state index in [0.717, 1.165) is 12.8 Å². The van der Waals surface area contributed by atoms with E-state index < -0.39 is 6.23 Å². The van der Waals surface area contributed by atoms with Gasteiger partial charge >= 0.3 is 6.03 Å². The number of aliphatic hydroxyl groups is 2. The number of nitrogens with one attached hydrogen (secondary N) is 1. The molecule has 2 heterocycles. The molecule has 0 aromatic heterocycles. The van der Waals surface area contributed by atoms with Crippen LogP contribution < -0.4 is 5.32 Å². The van der Waals surface area contributed by atoms with E-state index in [4.69, 9.17) is 9.84 Å². The van der Waals surface area contributed by atoms with Gasteiger partial charge in [-0.2, -0.15) is 0 Å². The summed E-state index contributed by atoms with van der Waals surface area (Å²) < 4.78 is 5.49. The number of nitrogens with zero attached hydrogens (tertiary/aromatic N) is 1. The van der Waals surface area contributed by atoms with E-state index in [9.17, 15) is 9.90 Å². The smallest absolute Gasteiger partial charge is 0.321 e. The molecular formula is C9H16N2O4. The van der Waals surface area contributed by atoms with E-state index in [1.165, 1.54) is 0 Å². The molecule has 15 heavy (non-hydrogen) atoms. The summed E-state index contributed by atoms with van der Waals surface area (Å²) in [5.41, 5.74) is 0. The molecule has 86 valence electrons. The number of hydrogen-bond donors (Lipinski definition) is 3. The van der Waals surface area contributed by atoms with Crippen molar-refractivity contribution in [1.29, 1.82) is 0 Å². The van der Waals surface area contributed by atoms with Crippen molar-refractivity contribution >= 4 is 6.03 Å². The van der Waals surface area contributed by atoms with E-state index in [1.54, 1.807) is 4.90 Å². The van der Waals surface area contributed by atoms with Gasteiger partial charge in [0.25, 0.3) is 0 Å². The Hall–Kier alpha value is -0.850. The van der Waals surface area contributed by atoms with E-state index >= 15 is 0 Å². The van der Waals surface area contributed by atoms with Gasteiger partial charge in [-0.3, -0.25) is 4.90 Å². The first-order valence-electron chi connectivity index (χ1n) is 5.22. The first-order valence-corrected chi connectivity index (χ1v) is 5.22. The maximum Gasteiger partial charge on any atom is 0.321 e. The fourth-order valence-electron chi connectivity index (χ4n) is 1.99. The second-order valence-corrected chi connectivity index (χ2v) is 3.92. The Kier molecular flexibility index (Phi) is 3.08. The minimum atomic E-state index is -0.746. The molecule has 3 N–H and O–H groups in total. The molecule has 2 aliphatic heterocycles. The molecule has 2 fully saturated rings. The third-order valence-corrected chi connectivity index (χ3v) is 2.83. The van der Waals surface area contributed by atoms with Crippen LogP contribution in [0.4, 0.5) is 4.79 Å². The van der Waals surface area contributed by atoms with Gasteiger partial charge in [0.05, 0.1) is 12.7 Å². The van der Waals surface area contributed by atoms with Crippen LogP contribution in [-0.4, -0.2) is 52.9 Å². The van der Waals surface area contributed by atoms with Crippen LogP contribution in [0.15, 0.2) is 0 Å². The number of urea groups is 1. The third kappa shape index (κ3) is 2.22. The molecule has 0 aromatic rings. The molecule has 0 aromatic carbocycles. The number of hydrogen-bond acceptors (Lipinski definition) is 4. The van der Waals surface area contributed by atoms with Crippen molar-refractivity contribution in [3.63, 3.8) is 0 Å². The largest absolute Gasteiger partial charge is 0.394 e. The number of amides is 2. The Morgan fingerprint density at radius 3 is 2.87 bits per heavy atom. The molecule has 1 unspecified atom stereocenters. The van der Waals surface area contributed by atoms with Gasteiger partial charge < -0.3 is 20.3 Å². The van der Waals surface area contributed by atoms with Crippen molar-refractivity contribution in [3.05, 3.63) is 0 Å². The molecule has 2 amide bonds. The summed E-state index contributed by atoms with van der Waals surface area (Å²) in [6.07, 6.45) is 0.866. The highest BCUT2D eigenvalue weighted by Crippen LogP contribution is 2.23. The Morgan fingerprint density at radius 2 is 2.27 bits per heavy atom. The summed E-state index contributed by atoms with van der Waals surface area (Å²) in [6, 6.07) is -0.294. The van der Waals surface area contributed by atoms with Gasteiger partial charge in [-0.15, -0.1) is 0 Å². The Balaban J connectivity index is 1.91. The number of carbonyl (C=O) groups is 1. The standard InChI is InChI=1S/C9H16N2O4/c12-5-6-1-2-8(15-6)11-4-3-7(13)10-9(11)14/h6-8,12-13H,1-5H2,(H,10,14)/t6-,7?,8+/m0/s1. The number of carbonyl (C=O) groups excluding carboxylic acids is 1. The van der Waals surface area contributed by atoms with Crippen molar-refractivity contribution in [2.45, 2.75) is 37.8 Å². The molecule has 0 saturated carbocycles. The van der Waals surface area contributed by atoms with Gasteiger partial charge in [-0.1, -0.05) is 0 Å². The topological polar surface area (TPSA) is 82.0 Å². The summed E-state index contributed by atoms with van der Waals surface area (Å²) in [6.45, 7) is 0.490. The number of ether oxygens (including phenoxy) is 1. The van der Waals surface area contributed by atoms with Gasteiger partial charge in [0.15, 0.2) is 0 Å². The maximum absolute atomic E-state index is 11.5. The zero-order valence-corrected chi connectivity index (χ0v) is 8.43. The van der Waals surface area contributed by atoms with Crippen molar-refractivity contribution in [2.24, 2.45) is 0 Å². The van der Waals surface area contributed by atoms with Crippen molar-refractivity contribution in [1.82, 2.24) is 10.2 Å². The minimum absolute atomic E-state index is 0.00537. The van der Waals surface area contributed by atoms with Crippen LogP contribution in [0.2, 0.25) is 0 Å². The van der Waals surface area contributed by atoms with E-state index in [0.29, 0.717) is 13.0 Å². The summed E-state index contributed by atoms with van der Waals surface area (Å²) in [4.78, 5) is 13.1. The molecule has 0 aliphatic carbocycles. The van der Waals surface area contributed by atoms with Crippen LogP contribution >= 0.6 is 0 Å². The average molecular weight is 216 g/mol. The van der Waals surface area contributed by atoms with Crippen molar-refractivity contribution in [3.8, 4) is 0 Å². The monoisotopic (exact) mass is 216 g/mol. The predicted molar refractivity (Wildman–Crippen MR) is 50.8 cm³/mol. The normalized spacial score (nSPS) is 36.8. The van der Waals surface area contributed by atoms with Gasteiger partial charge in [0, 0.05) is 13.0 Å². The Bertz CT molecular complexity index is 248. The van der Waals surface area contributed by atoms with E-state index in [2.05, 4.69) is 5.32 Å². The van der Waals surface area contributed by atoms with Gasteiger partial charge in [0.1, 0.15) is 12.5 Å². The summed E-state index contributed by atoms with van der Waals surface area (Å²) >= 11 is 0. The summed E-state index contributed by atoms with van der Waals surface area (Å²) in [5, 5.41) is 20.5. The molecule has 2 rings (SSSR count). The zero-order valence-electron chi connectivity index (χ0n) is 8.43. The lowest BCUT2D eigenvalue weighted by molar-refractivity contribution is -0.0625. The second-order valence-electron chi connectivity index (χ2n) is 3.92. The second kappa shape index (κ2) is 4.34. The molecule has 6 heteroatoms. The molecule has 3 atom stereocenters. The Labute approximate surface area is 87.8 Å². The SMILES string of the molecule is O=C1NC(O)CCN1[C@H]1CC[C@@H](CO)O1. The molecule has 6 nitrogen and oxygen atoms in total. The molecule has 2 aliphatic rings. The number of aliphatic hydroxyl groups excluding tert-OH is 2. The maximum atomic E-state index is 11.5. The first-order chi connectivity index (χ1) is 7.20. The van der Waals surface area contributed by atoms with Crippen LogP contribution in [0, 0.1) is 0 Å². The lowest BCUT2D eigenvalue weighted by atomic mass is 10.2. The van der Waals surface area contributed by atoms with Crippen LogP contribution in [-0.2, 0) is 4.74 Å². The zero-order chi connectivity index (χ0) is 10.8. The predicted octanol–water partition coefficient (Wildman–Crippen LogP) is -0.783. The highest BCUT2D eigenvalue weighted by molar-refractivity contribution is 5.75. The van der Waals surface area contributed by atoms with Crippen molar-refractivity contribution in [2.75, 3.05) is 13.2 Å². The average Bonchev–Trinajstić information content (AvgIpc) is 2.66. The quantitative estimate of drug-likeness (QED) is 0.565. The van der Waals surface area contributed by atoms with Crippen LogP contribution in [0.25, 0.3) is 0 Å². The molecular weight excluding hydrogens is 200 g/mol. The lowest BCUT2D eigenvalue weighted by Crippen LogP contribution is -2.55. The van der Waals surface area contributed by atoms with E-state index in [-0.39, 0.29) is 25.0 Å². The third-order valence-electron chi connectivity index (χ3n) is 2.83. The van der Waals surface area contributed by atoms with Crippen LogP contribution in [0.5, 0.6) is 0 Å². The summed E-state index contributed by atoms with van der Waals surface area (Å²) in [7, 11) is 0. The fraction of sp³-hybridized carbons (Fsp3) is 0.889. The number of rotatable bonds is 2. The highest BCUT2D eigenvalue weighted by Gasteiger charge is 2.35. The molecule has 0 bridgehead atoms. The van der Waals surface area contributed by atoms with Crippen molar-refractivity contribution < 1.29 is 19.7 Å². The molecule has 0 radical (unpaired) electrons. The van der Waals surface area contributed by atoms with Gasteiger partial charge in [-0.25, -0.2) is 4.79 Å². The van der Waals surface area contributed by atoms with Crippen LogP contribution in [0.1, 0.15) is 19.3 Å². The molecule has 2 saturated heterocycles. The lowest BCUT2D eigenvalue weighted by Gasteiger charge is -2.34. The van der Waals surface area contributed by atoms with Gasteiger partial charge in [-0.05, 0) is 12.8 Å². The minimum Gasteiger partial charge on any atom is -0.394 e. The first kappa shape index (κ1) is 10.7.